The van der Waals surface area contributed by atoms with Crippen LogP contribution in [0.1, 0.15) is 16.1 Å². The fraction of sp³-hybridized carbons (Fsp3) is 0.250. The number of nitrogens with zero attached hydrogens (tertiary/aromatic N) is 3. The molecule has 11 heteroatoms. The normalized spacial score (nSPS) is 15.0. The molecule has 3 aromatic rings. The minimum atomic E-state index is -3.76. The summed E-state index contributed by atoms with van der Waals surface area (Å²) in [5, 5.41) is 6.04. The number of hydrogen-bond acceptors (Lipinski definition) is 5. The molecule has 31 heavy (non-hydrogen) atoms. The maximum absolute atomic E-state index is 13.0. The number of carbonyl (C=O) groups is 1. The van der Waals surface area contributed by atoms with Crippen molar-refractivity contribution < 1.29 is 22.6 Å². The van der Waals surface area contributed by atoms with E-state index in [4.69, 9.17) is 16.3 Å². The van der Waals surface area contributed by atoms with E-state index in [-0.39, 0.29) is 28.6 Å². The molecule has 9 nitrogen and oxygen atoms in total. The SMILES string of the molecule is Cc1cc(NC(=O)c2cc(S(=O)(=O)N3CCOCC3)ccc2Cl)[n+](-c2ccccn2)[nH]1. The van der Waals surface area contributed by atoms with Gasteiger partial charge in [0.15, 0.2) is 0 Å². The molecule has 1 fully saturated rings. The number of anilines is 1. The lowest BCUT2D eigenvalue weighted by atomic mass is 10.2. The lowest BCUT2D eigenvalue weighted by molar-refractivity contribution is -0.645. The summed E-state index contributed by atoms with van der Waals surface area (Å²) in [5.74, 6) is 0.493. The Balaban J connectivity index is 1.64. The predicted molar refractivity (Wildman–Crippen MR) is 114 cm³/mol. The van der Waals surface area contributed by atoms with E-state index in [1.54, 1.807) is 29.1 Å². The Labute approximate surface area is 184 Å². The van der Waals surface area contributed by atoms with Crippen LogP contribution in [-0.2, 0) is 14.8 Å². The summed E-state index contributed by atoms with van der Waals surface area (Å²) in [6.07, 6.45) is 1.64. The largest absolute Gasteiger partial charge is 0.379 e. The Morgan fingerprint density at radius 2 is 2.00 bits per heavy atom. The summed E-state index contributed by atoms with van der Waals surface area (Å²) in [7, 11) is -3.76. The smallest absolute Gasteiger partial charge is 0.313 e. The molecular formula is C20H21ClN5O4S+. The van der Waals surface area contributed by atoms with Gasteiger partial charge in [-0.25, -0.2) is 18.8 Å². The van der Waals surface area contributed by atoms with E-state index >= 15 is 0 Å². The van der Waals surface area contributed by atoms with Crippen LogP contribution in [0.2, 0.25) is 5.02 Å². The summed E-state index contributed by atoms with van der Waals surface area (Å²) >= 11 is 6.24. The Bertz CT molecular complexity index is 1210. The van der Waals surface area contributed by atoms with Crippen LogP contribution in [0, 0.1) is 6.92 Å². The van der Waals surface area contributed by atoms with Crippen LogP contribution >= 0.6 is 11.6 Å². The minimum absolute atomic E-state index is 0.00630. The van der Waals surface area contributed by atoms with E-state index in [0.717, 1.165) is 5.69 Å². The fourth-order valence-electron chi connectivity index (χ4n) is 3.26. The number of rotatable bonds is 5. The maximum Gasteiger partial charge on any atom is 0.313 e. The standard InChI is InChI=1S/C20H20ClN5O4S/c1-14-12-19(26(24-14)18-4-2-3-7-22-18)23-20(27)16-13-15(5-6-17(16)21)31(28,29)25-8-10-30-11-9-25/h2-7,12-13H,8-11H2,1H3,(H,23,24,27)/p+1. The molecule has 2 aromatic heterocycles. The molecular weight excluding hydrogens is 442 g/mol. The van der Waals surface area contributed by atoms with Crippen LogP contribution in [0.5, 0.6) is 0 Å². The number of halogens is 1. The predicted octanol–water partition coefficient (Wildman–Crippen LogP) is 1.92. The first-order valence-corrected chi connectivity index (χ1v) is 11.4. The lowest BCUT2D eigenvalue weighted by Crippen LogP contribution is -2.40. The third-order valence-corrected chi connectivity index (χ3v) is 7.02. The van der Waals surface area contributed by atoms with Gasteiger partial charge in [0.05, 0.1) is 28.7 Å². The monoisotopic (exact) mass is 462 g/mol. The van der Waals surface area contributed by atoms with Gasteiger partial charge in [-0.05, 0) is 31.2 Å². The molecule has 3 heterocycles. The van der Waals surface area contributed by atoms with E-state index in [9.17, 15) is 13.2 Å². The summed E-state index contributed by atoms with van der Waals surface area (Å²) < 4.78 is 34.1. The average Bonchev–Trinajstić information content (AvgIpc) is 3.15. The Morgan fingerprint density at radius 3 is 2.71 bits per heavy atom. The number of aromatic nitrogens is 3. The molecule has 4 rings (SSSR count). The molecule has 1 saturated heterocycles. The molecule has 0 radical (unpaired) electrons. The van der Waals surface area contributed by atoms with Gasteiger partial charge in [0.25, 0.3) is 11.6 Å². The highest BCUT2D eigenvalue weighted by Crippen LogP contribution is 2.24. The third kappa shape index (κ3) is 4.47. The molecule has 1 aliphatic heterocycles. The van der Waals surface area contributed by atoms with Crippen molar-refractivity contribution in [1.82, 2.24) is 14.4 Å². The number of pyridine rings is 1. The van der Waals surface area contributed by atoms with Gasteiger partial charge in [-0.3, -0.25) is 4.79 Å². The molecule has 0 spiro atoms. The molecule has 0 saturated carbocycles. The second-order valence-corrected chi connectivity index (χ2v) is 9.31. The van der Waals surface area contributed by atoms with E-state index in [1.165, 1.54) is 22.5 Å². The number of morpholine rings is 1. The van der Waals surface area contributed by atoms with E-state index < -0.39 is 15.9 Å². The van der Waals surface area contributed by atoms with Crippen molar-refractivity contribution in [3.05, 3.63) is 64.9 Å². The lowest BCUT2D eigenvalue weighted by Gasteiger charge is -2.26. The molecule has 1 aliphatic rings. The molecule has 0 unspecified atom stereocenters. The van der Waals surface area contributed by atoms with Crippen molar-refractivity contribution in [3.63, 3.8) is 0 Å². The van der Waals surface area contributed by atoms with Gasteiger partial charge in [-0.15, -0.1) is 9.67 Å². The zero-order valence-electron chi connectivity index (χ0n) is 16.7. The van der Waals surface area contributed by atoms with Crippen molar-refractivity contribution in [1.29, 1.82) is 0 Å². The summed E-state index contributed by atoms with van der Waals surface area (Å²) in [6, 6.07) is 11.3. The topological polar surface area (TPSA) is 108 Å². The summed E-state index contributed by atoms with van der Waals surface area (Å²) in [4.78, 5) is 17.3. The minimum Gasteiger partial charge on any atom is -0.379 e. The number of ether oxygens (including phenoxy) is 1. The highest BCUT2D eigenvalue weighted by atomic mass is 35.5. The zero-order chi connectivity index (χ0) is 22.0. The second kappa shape index (κ2) is 8.75. The Hall–Kier alpha value is -2.79. The second-order valence-electron chi connectivity index (χ2n) is 6.96. The molecule has 0 aliphatic carbocycles. The van der Waals surface area contributed by atoms with Gasteiger partial charge >= 0.3 is 5.91 Å². The number of benzene rings is 1. The van der Waals surface area contributed by atoms with Crippen LogP contribution in [0.3, 0.4) is 0 Å². The van der Waals surface area contributed by atoms with Crippen molar-refractivity contribution in [2.45, 2.75) is 11.8 Å². The van der Waals surface area contributed by atoms with Crippen LogP contribution in [0.4, 0.5) is 5.82 Å². The van der Waals surface area contributed by atoms with E-state index in [2.05, 4.69) is 15.4 Å². The number of nitrogens with one attached hydrogen (secondary N) is 2. The van der Waals surface area contributed by atoms with Crippen molar-refractivity contribution >= 4 is 33.3 Å². The van der Waals surface area contributed by atoms with Gasteiger partial charge in [0, 0.05) is 30.9 Å². The quantitative estimate of drug-likeness (QED) is 0.563. The van der Waals surface area contributed by atoms with Gasteiger partial charge in [0.1, 0.15) is 6.20 Å². The zero-order valence-corrected chi connectivity index (χ0v) is 18.3. The van der Waals surface area contributed by atoms with E-state index in [0.29, 0.717) is 24.8 Å². The number of carbonyl (C=O) groups excluding carboxylic acids is 1. The average molecular weight is 463 g/mol. The van der Waals surface area contributed by atoms with E-state index in [1.807, 2.05) is 13.0 Å². The molecule has 0 atom stereocenters. The van der Waals surface area contributed by atoms with Gasteiger partial charge < -0.3 is 4.74 Å². The van der Waals surface area contributed by atoms with Crippen LogP contribution in [0.15, 0.2) is 53.6 Å². The fourth-order valence-corrected chi connectivity index (χ4v) is 4.89. The first-order valence-electron chi connectivity index (χ1n) is 9.58. The van der Waals surface area contributed by atoms with Crippen molar-refractivity contribution in [3.8, 4) is 5.82 Å². The number of amides is 1. The first-order chi connectivity index (χ1) is 14.9. The van der Waals surface area contributed by atoms with Crippen LogP contribution in [-0.4, -0.2) is 55.0 Å². The number of sulfonamides is 1. The van der Waals surface area contributed by atoms with Crippen LogP contribution in [0.25, 0.3) is 5.82 Å². The van der Waals surface area contributed by atoms with Gasteiger partial charge in [-0.2, -0.15) is 4.31 Å². The number of hydrogen-bond donors (Lipinski definition) is 2. The first kappa shape index (κ1) is 21.4. The third-order valence-electron chi connectivity index (χ3n) is 4.79. The van der Waals surface area contributed by atoms with Crippen LogP contribution < -0.4 is 10.00 Å². The van der Waals surface area contributed by atoms with Gasteiger partial charge in [0.2, 0.25) is 10.0 Å². The number of aryl methyl sites for hydroxylation is 1. The highest BCUT2D eigenvalue weighted by Gasteiger charge is 2.28. The van der Waals surface area contributed by atoms with Crippen molar-refractivity contribution in [2.75, 3.05) is 31.6 Å². The summed E-state index contributed by atoms with van der Waals surface area (Å²) in [5.41, 5.74) is 0.859. The molecule has 1 amide bonds. The molecule has 1 aromatic carbocycles. The Kier molecular flexibility index (Phi) is 6.05. The van der Waals surface area contributed by atoms with Gasteiger partial charge in [-0.1, -0.05) is 17.7 Å². The van der Waals surface area contributed by atoms with Crippen molar-refractivity contribution in [2.24, 2.45) is 0 Å². The Morgan fingerprint density at radius 1 is 1.23 bits per heavy atom. The molecule has 162 valence electrons. The number of aromatic amines is 1. The molecule has 2 N–H and O–H groups in total. The maximum atomic E-state index is 13.0. The highest BCUT2D eigenvalue weighted by molar-refractivity contribution is 7.89. The molecule has 0 bridgehead atoms. The summed E-state index contributed by atoms with van der Waals surface area (Å²) in [6.45, 7) is 3.04. The number of H-pyrrole nitrogens is 1.